The van der Waals surface area contributed by atoms with E-state index in [9.17, 15) is 9.90 Å². The summed E-state index contributed by atoms with van der Waals surface area (Å²) in [7, 11) is 0. The zero-order valence-electron chi connectivity index (χ0n) is 13.7. The number of nitrogens with one attached hydrogen (secondary N) is 1. The van der Waals surface area contributed by atoms with Crippen molar-refractivity contribution in [3.05, 3.63) is 57.8 Å². The molecule has 0 aliphatic carbocycles. The fourth-order valence-corrected chi connectivity index (χ4v) is 3.33. The van der Waals surface area contributed by atoms with Gasteiger partial charge < -0.3 is 15.3 Å². The quantitative estimate of drug-likeness (QED) is 0.812. The van der Waals surface area contributed by atoms with E-state index in [1.807, 2.05) is 48.7 Å². The van der Waals surface area contributed by atoms with Crippen LogP contribution in [-0.2, 0) is 6.54 Å². The molecule has 4 nitrogen and oxygen atoms in total. The van der Waals surface area contributed by atoms with Gasteiger partial charge in [-0.3, -0.25) is 0 Å². The van der Waals surface area contributed by atoms with Gasteiger partial charge in [-0.25, -0.2) is 4.79 Å². The molecule has 0 fully saturated rings. The van der Waals surface area contributed by atoms with Gasteiger partial charge >= 0.3 is 6.03 Å². The van der Waals surface area contributed by atoms with Crippen molar-refractivity contribution in [3.63, 3.8) is 0 Å². The number of aryl methyl sites for hydroxylation is 1. The summed E-state index contributed by atoms with van der Waals surface area (Å²) in [6, 6.07) is 11.9. The maximum atomic E-state index is 12.6. The van der Waals surface area contributed by atoms with Gasteiger partial charge in [0.25, 0.3) is 0 Å². The first-order chi connectivity index (χ1) is 11.2. The number of amides is 2. The van der Waals surface area contributed by atoms with Crippen LogP contribution in [0.4, 0.5) is 4.79 Å². The minimum atomic E-state index is -0.137. The fourth-order valence-electron chi connectivity index (χ4n) is 2.47. The average molecular weight is 332 g/mol. The molecule has 124 valence electrons. The van der Waals surface area contributed by atoms with Crippen molar-refractivity contribution in [2.75, 3.05) is 13.2 Å². The number of aliphatic hydroxyl groups excluding tert-OH is 1. The first-order valence-corrected chi connectivity index (χ1v) is 8.77. The molecule has 0 spiro atoms. The molecule has 23 heavy (non-hydrogen) atoms. The van der Waals surface area contributed by atoms with E-state index in [0.29, 0.717) is 13.1 Å². The summed E-state index contributed by atoms with van der Waals surface area (Å²) in [6.07, 6.45) is 0.837. The Kier molecular flexibility index (Phi) is 6.62. The van der Waals surface area contributed by atoms with Crippen molar-refractivity contribution in [2.45, 2.75) is 32.9 Å². The van der Waals surface area contributed by atoms with Gasteiger partial charge in [0, 0.05) is 18.0 Å². The lowest BCUT2D eigenvalue weighted by atomic mass is 10.1. The number of thiophene rings is 1. The van der Waals surface area contributed by atoms with Crippen LogP contribution in [0.25, 0.3) is 0 Å². The summed E-state index contributed by atoms with van der Waals surface area (Å²) in [6.45, 7) is 4.86. The summed E-state index contributed by atoms with van der Waals surface area (Å²) >= 11 is 1.65. The zero-order valence-corrected chi connectivity index (χ0v) is 14.5. The smallest absolute Gasteiger partial charge is 0.318 e. The van der Waals surface area contributed by atoms with E-state index in [1.54, 1.807) is 16.2 Å². The molecule has 2 aromatic rings. The molecule has 2 rings (SSSR count). The molecule has 0 radical (unpaired) electrons. The molecule has 1 heterocycles. The Hall–Kier alpha value is -1.85. The molecule has 1 aromatic heterocycles. The molecule has 2 amide bonds. The van der Waals surface area contributed by atoms with Gasteiger partial charge in [0.1, 0.15) is 0 Å². The van der Waals surface area contributed by atoms with E-state index in [0.717, 1.165) is 22.4 Å². The number of aliphatic hydroxyl groups is 1. The molecular weight excluding hydrogens is 308 g/mol. The minimum absolute atomic E-state index is 0.0144. The van der Waals surface area contributed by atoms with Gasteiger partial charge in [0.2, 0.25) is 0 Å². The molecule has 0 bridgehead atoms. The van der Waals surface area contributed by atoms with Gasteiger partial charge in [-0.2, -0.15) is 0 Å². The lowest BCUT2D eigenvalue weighted by Crippen LogP contribution is -2.42. The number of nitrogens with zero attached hydrogens (tertiary/aromatic N) is 1. The predicted octanol–water partition coefficient (Wildman–Crippen LogP) is 3.71. The molecule has 5 heteroatoms. The Morgan fingerprint density at radius 2 is 2.09 bits per heavy atom. The molecule has 1 atom stereocenters. The summed E-state index contributed by atoms with van der Waals surface area (Å²) in [5, 5.41) is 14.4. The molecule has 0 saturated heterocycles. The molecule has 1 aromatic carbocycles. The van der Waals surface area contributed by atoms with Gasteiger partial charge in [0.05, 0.1) is 12.6 Å². The third-order valence-corrected chi connectivity index (χ3v) is 4.86. The van der Waals surface area contributed by atoms with Crippen molar-refractivity contribution < 1.29 is 9.90 Å². The van der Waals surface area contributed by atoms with Crippen LogP contribution in [0.3, 0.4) is 0 Å². The lowest BCUT2D eigenvalue weighted by molar-refractivity contribution is 0.170. The van der Waals surface area contributed by atoms with Crippen LogP contribution < -0.4 is 5.32 Å². The molecule has 2 N–H and O–H groups in total. The summed E-state index contributed by atoms with van der Waals surface area (Å²) < 4.78 is 0. The summed E-state index contributed by atoms with van der Waals surface area (Å²) in [5.41, 5.74) is 2.24. The monoisotopic (exact) mass is 332 g/mol. The van der Waals surface area contributed by atoms with Crippen molar-refractivity contribution in [2.24, 2.45) is 0 Å². The minimum Gasteiger partial charge on any atom is -0.395 e. The van der Waals surface area contributed by atoms with Crippen LogP contribution in [-0.4, -0.2) is 29.2 Å². The Morgan fingerprint density at radius 1 is 1.30 bits per heavy atom. The standard InChI is InChI=1S/C18H24N2O2S/c1-3-16(17-9-6-12-23-17)19-18(22)20(10-11-21)13-15-8-5-4-7-14(15)2/h4-9,12,16,21H,3,10-11,13H2,1-2H3,(H,19,22)/t16-/m1/s1. The second-order valence-electron chi connectivity index (χ2n) is 5.50. The Balaban J connectivity index is 2.07. The van der Waals surface area contributed by atoms with Crippen molar-refractivity contribution in [1.29, 1.82) is 0 Å². The lowest BCUT2D eigenvalue weighted by Gasteiger charge is -2.26. The number of hydrogen-bond acceptors (Lipinski definition) is 3. The zero-order chi connectivity index (χ0) is 16.7. The maximum Gasteiger partial charge on any atom is 0.318 e. The van der Waals surface area contributed by atoms with Gasteiger partial charge in [-0.05, 0) is 35.9 Å². The van der Waals surface area contributed by atoms with Crippen molar-refractivity contribution >= 4 is 17.4 Å². The third-order valence-electron chi connectivity index (χ3n) is 3.87. The molecule has 0 unspecified atom stereocenters. The normalized spacial score (nSPS) is 12.0. The van der Waals surface area contributed by atoms with Crippen LogP contribution in [0.15, 0.2) is 41.8 Å². The molecule has 0 aliphatic rings. The van der Waals surface area contributed by atoms with Gasteiger partial charge in [0.15, 0.2) is 0 Å². The number of hydrogen-bond donors (Lipinski definition) is 2. The Bertz CT molecular complexity index is 613. The average Bonchev–Trinajstić information content (AvgIpc) is 3.08. The predicted molar refractivity (Wildman–Crippen MR) is 94.6 cm³/mol. The van der Waals surface area contributed by atoms with Crippen LogP contribution in [0.2, 0.25) is 0 Å². The largest absolute Gasteiger partial charge is 0.395 e. The highest BCUT2D eigenvalue weighted by atomic mass is 32.1. The first-order valence-electron chi connectivity index (χ1n) is 7.90. The Morgan fingerprint density at radius 3 is 2.70 bits per heavy atom. The van der Waals surface area contributed by atoms with Crippen molar-refractivity contribution in [3.8, 4) is 0 Å². The maximum absolute atomic E-state index is 12.6. The molecule has 0 saturated carbocycles. The molecular formula is C18H24N2O2S. The van der Waals surface area contributed by atoms with E-state index in [1.165, 1.54) is 0 Å². The number of carbonyl (C=O) groups is 1. The number of carbonyl (C=O) groups excluding carboxylic acids is 1. The van der Waals surface area contributed by atoms with Crippen LogP contribution in [0.1, 0.15) is 35.4 Å². The summed E-state index contributed by atoms with van der Waals surface area (Å²) in [5.74, 6) is 0. The third kappa shape index (κ3) is 4.81. The SMILES string of the molecule is CC[C@@H](NC(=O)N(CCO)Cc1ccccc1C)c1cccs1. The van der Waals surface area contributed by atoms with E-state index in [-0.39, 0.29) is 18.7 Å². The highest BCUT2D eigenvalue weighted by Crippen LogP contribution is 2.22. The topological polar surface area (TPSA) is 52.6 Å². The van der Waals surface area contributed by atoms with Crippen LogP contribution in [0, 0.1) is 6.92 Å². The van der Waals surface area contributed by atoms with Gasteiger partial charge in [-0.15, -0.1) is 11.3 Å². The van der Waals surface area contributed by atoms with Crippen LogP contribution in [0.5, 0.6) is 0 Å². The van der Waals surface area contributed by atoms with E-state index < -0.39 is 0 Å². The second kappa shape index (κ2) is 8.70. The number of urea groups is 1. The first kappa shape index (κ1) is 17.5. The number of benzene rings is 1. The van der Waals surface area contributed by atoms with Gasteiger partial charge in [-0.1, -0.05) is 37.3 Å². The highest BCUT2D eigenvalue weighted by molar-refractivity contribution is 7.10. The van der Waals surface area contributed by atoms with Crippen molar-refractivity contribution in [1.82, 2.24) is 10.2 Å². The summed E-state index contributed by atoms with van der Waals surface area (Å²) in [4.78, 5) is 15.4. The van der Waals surface area contributed by atoms with E-state index in [4.69, 9.17) is 0 Å². The fraction of sp³-hybridized carbons (Fsp3) is 0.389. The van der Waals surface area contributed by atoms with E-state index in [2.05, 4.69) is 12.2 Å². The highest BCUT2D eigenvalue weighted by Gasteiger charge is 2.19. The molecule has 0 aliphatic heterocycles. The number of rotatable bonds is 7. The Labute approximate surface area is 141 Å². The second-order valence-corrected chi connectivity index (χ2v) is 6.48. The van der Waals surface area contributed by atoms with E-state index >= 15 is 0 Å². The van der Waals surface area contributed by atoms with Crippen LogP contribution >= 0.6 is 11.3 Å².